The Morgan fingerprint density at radius 2 is 1.78 bits per heavy atom. The summed E-state index contributed by atoms with van der Waals surface area (Å²) in [6.45, 7) is 5.44. The van der Waals surface area contributed by atoms with E-state index in [9.17, 15) is 9.59 Å². The average molecular weight is 490 g/mol. The van der Waals surface area contributed by atoms with Crippen molar-refractivity contribution in [2.75, 3.05) is 12.8 Å². The van der Waals surface area contributed by atoms with E-state index < -0.39 is 5.54 Å². The van der Waals surface area contributed by atoms with Crippen LogP contribution in [0, 0.1) is 0 Å². The number of para-hydroxylation sites is 1. The fourth-order valence-electron chi connectivity index (χ4n) is 3.55. The van der Waals surface area contributed by atoms with Crippen LogP contribution in [0.4, 0.5) is 5.95 Å². The molecule has 186 valence electrons. The summed E-state index contributed by atoms with van der Waals surface area (Å²) >= 11 is 0. The van der Waals surface area contributed by atoms with Gasteiger partial charge in [0.1, 0.15) is 5.56 Å². The topological polar surface area (TPSA) is 149 Å². The Kier molecular flexibility index (Phi) is 7.68. The Labute approximate surface area is 207 Å². The first-order valence-corrected chi connectivity index (χ1v) is 10.9. The molecule has 2 aromatic carbocycles. The van der Waals surface area contributed by atoms with Gasteiger partial charge in [0.25, 0.3) is 17.9 Å². The van der Waals surface area contributed by atoms with Gasteiger partial charge in [0.15, 0.2) is 0 Å². The first kappa shape index (κ1) is 25.9. The second kappa shape index (κ2) is 10.7. The third-order valence-corrected chi connectivity index (χ3v) is 5.02. The van der Waals surface area contributed by atoms with Gasteiger partial charge in [-0.25, -0.2) is 14.5 Å². The Bertz CT molecular complexity index is 1460. The largest absolute Gasteiger partial charge is 0.483 e. The van der Waals surface area contributed by atoms with Crippen LogP contribution >= 0.6 is 0 Å². The summed E-state index contributed by atoms with van der Waals surface area (Å²) in [5, 5.41) is 10.2. The van der Waals surface area contributed by atoms with Gasteiger partial charge in [0.2, 0.25) is 11.8 Å². The van der Waals surface area contributed by atoms with Crippen molar-refractivity contribution in [2.45, 2.75) is 26.3 Å². The van der Waals surface area contributed by atoms with E-state index in [1.807, 2.05) is 45.0 Å². The molecular formula is C26H27N5O5. The summed E-state index contributed by atoms with van der Waals surface area (Å²) in [6.07, 6.45) is 1.61. The molecule has 4 rings (SSSR count). The third-order valence-electron chi connectivity index (χ3n) is 5.02. The maximum Gasteiger partial charge on any atom is 0.290 e. The summed E-state index contributed by atoms with van der Waals surface area (Å²) in [5.74, 6) is 0.0382. The number of rotatable bonds is 4. The number of ether oxygens (including phenoxy) is 1. The highest BCUT2D eigenvalue weighted by Gasteiger charge is 2.21. The molecule has 0 bridgehead atoms. The molecule has 0 saturated carbocycles. The van der Waals surface area contributed by atoms with Crippen molar-refractivity contribution >= 4 is 29.2 Å². The van der Waals surface area contributed by atoms with E-state index in [0.717, 1.165) is 0 Å². The van der Waals surface area contributed by atoms with Gasteiger partial charge >= 0.3 is 0 Å². The van der Waals surface area contributed by atoms with E-state index >= 15 is 0 Å². The predicted molar refractivity (Wildman–Crippen MR) is 137 cm³/mol. The van der Waals surface area contributed by atoms with Gasteiger partial charge in [0.05, 0.1) is 23.7 Å². The summed E-state index contributed by atoms with van der Waals surface area (Å²) in [6, 6.07) is 16.1. The van der Waals surface area contributed by atoms with E-state index in [0.29, 0.717) is 33.3 Å². The monoisotopic (exact) mass is 489 g/mol. The van der Waals surface area contributed by atoms with Gasteiger partial charge in [-0.1, -0.05) is 24.3 Å². The summed E-state index contributed by atoms with van der Waals surface area (Å²) < 4.78 is 6.67. The number of carbonyl (C=O) groups excluding carboxylic acids is 1. The predicted octanol–water partition coefficient (Wildman–Crippen LogP) is 3.27. The number of nitrogens with zero attached hydrogens (tertiary/aromatic N) is 3. The molecule has 10 heteroatoms. The molecule has 4 N–H and O–H groups in total. The van der Waals surface area contributed by atoms with Crippen molar-refractivity contribution in [3.63, 3.8) is 0 Å². The minimum absolute atomic E-state index is 0.110. The summed E-state index contributed by atoms with van der Waals surface area (Å²) in [4.78, 5) is 43.2. The Balaban J connectivity index is 0.00000115. The molecule has 0 fully saturated rings. The van der Waals surface area contributed by atoms with Crippen LogP contribution in [-0.4, -0.2) is 44.7 Å². The number of aromatic nitrogens is 3. The van der Waals surface area contributed by atoms with Crippen molar-refractivity contribution in [2.24, 2.45) is 0 Å². The van der Waals surface area contributed by atoms with E-state index in [1.165, 1.54) is 11.7 Å². The molecule has 4 aromatic rings. The van der Waals surface area contributed by atoms with Crippen LogP contribution in [0.15, 0.2) is 65.6 Å². The molecule has 0 unspecified atom stereocenters. The van der Waals surface area contributed by atoms with Gasteiger partial charge in [-0.2, -0.15) is 0 Å². The number of methoxy groups -OCH3 is 1. The lowest BCUT2D eigenvalue weighted by molar-refractivity contribution is -0.122. The highest BCUT2D eigenvalue weighted by Crippen LogP contribution is 2.27. The number of nitrogen functional groups attached to an aromatic ring is 1. The van der Waals surface area contributed by atoms with Crippen molar-refractivity contribution < 1.29 is 19.4 Å². The maximum absolute atomic E-state index is 13.3. The number of carboxylic acid groups (broad SMARTS) is 1. The van der Waals surface area contributed by atoms with Crippen molar-refractivity contribution in [3.8, 4) is 22.7 Å². The zero-order valence-electron chi connectivity index (χ0n) is 20.4. The van der Waals surface area contributed by atoms with Crippen LogP contribution in [-0.2, 0) is 4.79 Å². The standard InChI is InChI=1S/C25H25N5O3.CH2O2/c1-25(2,3)29-21(31)19-13-16(14-27-22(19)33-4)15-10-11-20-18(12-15)23(32)30(24(26)28-20)17-8-6-5-7-9-17;2-1-3/h5-14H,1-4H3,(H2,26,28)(H,29,31);1H,(H,2,3). The number of hydrogen-bond donors (Lipinski definition) is 3. The number of fused-ring (bicyclic) bond motifs is 1. The molecule has 2 heterocycles. The first-order valence-electron chi connectivity index (χ1n) is 10.9. The molecule has 0 radical (unpaired) electrons. The van der Waals surface area contributed by atoms with Crippen molar-refractivity contribution in [1.29, 1.82) is 0 Å². The molecule has 2 aromatic heterocycles. The number of anilines is 1. The number of carbonyl (C=O) groups is 2. The second-order valence-electron chi connectivity index (χ2n) is 8.77. The van der Waals surface area contributed by atoms with E-state index in [-0.39, 0.29) is 29.8 Å². The molecule has 0 aliphatic heterocycles. The lowest BCUT2D eigenvalue weighted by atomic mass is 10.0. The Morgan fingerprint density at radius 1 is 1.11 bits per heavy atom. The smallest absolute Gasteiger partial charge is 0.290 e. The zero-order chi connectivity index (χ0) is 26.5. The average Bonchev–Trinajstić information content (AvgIpc) is 2.83. The Morgan fingerprint density at radius 3 is 2.39 bits per heavy atom. The summed E-state index contributed by atoms with van der Waals surface area (Å²) in [5.41, 5.74) is 8.19. The maximum atomic E-state index is 13.3. The number of nitrogens with two attached hydrogens (primary N) is 1. The second-order valence-corrected chi connectivity index (χ2v) is 8.77. The molecular weight excluding hydrogens is 462 g/mol. The van der Waals surface area contributed by atoms with Crippen LogP contribution in [0.25, 0.3) is 27.7 Å². The fraction of sp³-hybridized carbons (Fsp3) is 0.192. The zero-order valence-corrected chi connectivity index (χ0v) is 20.4. The number of amides is 1. The third kappa shape index (κ3) is 5.66. The number of hydrogen-bond acceptors (Lipinski definition) is 7. The van der Waals surface area contributed by atoms with Gasteiger partial charge < -0.3 is 20.9 Å². The van der Waals surface area contributed by atoms with Crippen LogP contribution in [0.2, 0.25) is 0 Å². The highest BCUT2D eigenvalue weighted by molar-refractivity contribution is 5.98. The Hall–Kier alpha value is -4.73. The van der Waals surface area contributed by atoms with Crippen LogP contribution in [0.3, 0.4) is 0 Å². The lowest BCUT2D eigenvalue weighted by Gasteiger charge is -2.21. The lowest BCUT2D eigenvalue weighted by Crippen LogP contribution is -2.40. The van der Waals surface area contributed by atoms with E-state index in [4.69, 9.17) is 20.4 Å². The molecule has 10 nitrogen and oxygen atoms in total. The normalized spacial score (nSPS) is 10.8. The minimum atomic E-state index is -0.421. The minimum Gasteiger partial charge on any atom is -0.483 e. The molecule has 36 heavy (non-hydrogen) atoms. The summed E-state index contributed by atoms with van der Waals surface area (Å²) in [7, 11) is 1.47. The van der Waals surface area contributed by atoms with Gasteiger partial charge in [-0.15, -0.1) is 0 Å². The fourth-order valence-corrected chi connectivity index (χ4v) is 3.55. The first-order chi connectivity index (χ1) is 17.1. The van der Waals surface area contributed by atoms with Crippen LogP contribution < -0.4 is 21.3 Å². The molecule has 0 saturated heterocycles. The quantitative estimate of drug-likeness (QED) is 0.370. The number of pyridine rings is 1. The molecule has 1 amide bonds. The van der Waals surface area contributed by atoms with Crippen LogP contribution in [0.1, 0.15) is 31.1 Å². The van der Waals surface area contributed by atoms with Crippen LogP contribution in [0.5, 0.6) is 5.88 Å². The van der Waals surface area contributed by atoms with Crippen molar-refractivity contribution in [1.82, 2.24) is 19.9 Å². The van der Waals surface area contributed by atoms with Gasteiger partial charge in [-0.3, -0.25) is 14.4 Å². The van der Waals surface area contributed by atoms with E-state index in [2.05, 4.69) is 15.3 Å². The highest BCUT2D eigenvalue weighted by atomic mass is 16.5. The SMILES string of the molecule is COc1ncc(-c2ccc3nc(N)n(-c4ccccc4)c(=O)c3c2)cc1C(=O)NC(C)(C)C.O=CO. The number of benzene rings is 2. The molecule has 0 aliphatic carbocycles. The van der Waals surface area contributed by atoms with Gasteiger partial charge in [-0.05, 0) is 56.7 Å². The number of nitrogens with one attached hydrogen (secondary N) is 1. The van der Waals surface area contributed by atoms with Gasteiger partial charge in [0, 0.05) is 17.3 Å². The molecule has 0 atom stereocenters. The van der Waals surface area contributed by atoms with E-state index in [1.54, 1.807) is 36.5 Å². The molecule has 0 aliphatic rings. The molecule has 0 spiro atoms. The van der Waals surface area contributed by atoms with Crippen molar-refractivity contribution in [3.05, 3.63) is 76.7 Å².